The summed E-state index contributed by atoms with van der Waals surface area (Å²) in [7, 11) is 1.40. The van der Waals surface area contributed by atoms with Crippen LogP contribution in [-0.2, 0) is 19.0 Å². The van der Waals surface area contributed by atoms with Crippen molar-refractivity contribution in [1.29, 1.82) is 0 Å². The second-order valence-corrected chi connectivity index (χ2v) is 14.7. The van der Waals surface area contributed by atoms with E-state index in [1.54, 1.807) is 0 Å². The molecule has 2 aromatic carbocycles. The molecule has 0 unspecified atom stereocenters. The lowest BCUT2D eigenvalue weighted by Gasteiger charge is -2.41. The SMILES string of the molecule is COC(=O)[C@@H](OC(C)(C)C)c1c(C)nc2cc3nn2c1N1CCC(C)(CC1)OCCCC[C@H](C)Oc1cc(C)ccc1-c1cccc-3c1. The highest BCUT2D eigenvalue weighted by Gasteiger charge is 2.38. The summed E-state index contributed by atoms with van der Waals surface area (Å²) in [5.74, 6) is 1.22. The van der Waals surface area contributed by atoms with E-state index in [0.717, 1.165) is 84.7 Å². The summed E-state index contributed by atoms with van der Waals surface area (Å²) in [6.45, 7) is 16.4. The van der Waals surface area contributed by atoms with Crippen LogP contribution < -0.4 is 9.64 Å². The van der Waals surface area contributed by atoms with E-state index >= 15 is 0 Å². The number of hydrogen-bond acceptors (Lipinski definition) is 8. The number of nitrogens with zero attached hydrogens (tertiary/aromatic N) is 4. The lowest BCUT2D eigenvalue weighted by Crippen LogP contribution is -2.46. The predicted octanol–water partition coefficient (Wildman–Crippen LogP) is 8.04. The quantitative estimate of drug-likeness (QED) is 0.205. The lowest BCUT2D eigenvalue weighted by molar-refractivity contribution is -0.164. The number of esters is 1. The van der Waals surface area contributed by atoms with Crippen molar-refractivity contribution in [3.8, 4) is 28.1 Å². The van der Waals surface area contributed by atoms with Gasteiger partial charge in [0.1, 0.15) is 11.6 Å². The zero-order valence-corrected chi connectivity index (χ0v) is 29.8. The number of carbonyl (C=O) groups excluding carboxylic acids is 1. The maximum absolute atomic E-state index is 13.4. The van der Waals surface area contributed by atoms with Crippen LogP contribution in [0.4, 0.5) is 5.82 Å². The number of hydrogen-bond donors (Lipinski definition) is 0. The van der Waals surface area contributed by atoms with Crippen LogP contribution >= 0.6 is 0 Å². The standard InChI is InChI=1S/C39H50N4O5/c1-25-15-16-30-28-13-11-14-29(23-28)31-24-33-40-27(3)34(35(37(44)45-8)48-38(4,5)6)36(43(33)41-31)42-19-17-39(7,18-20-42)46-21-10-9-12-26(2)47-32(30)22-25/h11,13-16,22-24,26,35H,9-10,12,17-21H2,1-8H3/t26-,35-/m0/s1. The second kappa shape index (κ2) is 13.5. The fourth-order valence-electron chi connectivity index (χ4n) is 6.83. The van der Waals surface area contributed by atoms with Crippen molar-refractivity contribution < 1.29 is 23.7 Å². The van der Waals surface area contributed by atoms with Crippen molar-refractivity contribution in [1.82, 2.24) is 14.6 Å². The van der Waals surface area contributed by atoms with Gasteiger partial charge in [-0.2, -0.15) is 9.61 Å². The largest absolute Gasteiger partial charge is 0.490 e. The fourth-order valence-corrected chi connectivity index (χ4v) is 6.83. The Kier molecular flexibility index (Phi) is 9.55. The van der Waals surface area contributed by atoms with Crippen LogP contribution in [0, 0.1) is 13.8 Å². The molecule has 3 aliphatic rings. The van der Waals surface area contributed by atoms with Crippen molar-refractivity contribution in [3.63, 3.8) is 0 Å². The Balaban J connectivity index is 1.54. The first kappa shape index (κ1) is 33.9. The number of methoxy groups -OCH3 is 1. The molecule has 0 amide bonds. The normalized spacial score (nSPS) is 21.1. The van der Waals surface area contributed by atoms with Gasteiger partial charge in [-0.25, -0.2) is 9.78 Å². The van der Waals surface area contributed by atoms with Gasteiger partial charge in [-0.15, -0.1) is 0 Å². The highest BCUT2D eigenvalue weighted by Crippen LogP contribution is 2.40. The molecule has 3 aliphatic heterocycles. The Labute approximate surface area is 284 Å². The Hall–Kier alpha value is -3.95. The van der Waals surface area contributed by atoms with E-state index in [2.05, 4.69) is 68.1 Å². The average Bonchev–Trinajstić information content (AvgIpc) is 3.46. The number of fused-ring (bicyclic) bond motifs is 8. The predicted molar refractivity (Wildman–Crippen MR) is 189 cm³/mol. The van der Waals surface area contributed by atoms with Gasteiger partial charge in [-0.1, -0.05) is 30.3 Å². The highest BCUT2D eigenvalue weighted by atomic mass is 16.6. The molecule has 9 nitrogen and oxygen atoms in total. The molecule has 6 bridgehead atoms. The summed E-state index contributed by atoms with van der Waals surface area (Å²) in [5.41, 5.74) is 6.24. The van der Waals surface area contributed by atoms with Crippen LogP contribution in [-0.4, -0.2) is 64.7 Å². The van der Waals surface area contributed by atoms with Crippen LogP contribution in [0.3, 0.4) is 0 Å². The van der Waals surface area contributed by atoms with Crippen molar-refractivity contribution in [2.24, 2.45) is 0 Å². The molecule has 7 rings (SSSR count). The van der Waals surface area contributed by atoms with Gasteiger partial charge in [0.05, 0.1) is 35.7 Å². The van der Waals surface area contributed by atoms with Crippen LogP contribution in [0.2, 0.25) is 0 Å². The maximum Gasteiger partial charge on any atom is 0.339 e. The molecule has 0 aliphatic carbocycles. The van der Waals surface area contributed by atoms with Crippen molar-refractivity contribution in [2.45, 2.75) is 104 Å². The molecule has 4 aromatic rings. The number of aromatic nitrogens is 3. The summed E-state index contributed by atoms with van der Waals surface area (Å²) in [6, 6.07) is 16.8. The number of aryl methyl sites for hydroxylation is 2. The Morgan fingerprint density at radius 3 is 2.52 bits per heavy atom. The first-order valence-corrected chi connectivity index (χ1v) is 17.3. The highest BCUT2D eigenvalue weighted by molar-refractivity contribution is 5.81. The zero-order chi connectivity index (χ0) is 34.2. The zero-order valence-electron chi connectivity index (χ0n) is 29.8. The van der Waals surface area contributed by atoms with Gasteiger partial charge in [-0.05, 0) is 104 Å². The molecule has 0 spiro atoms. The molecule has 5 heterocycles. The molecule has 1 saturated heterocycles. The molecule has 48 heavy (non-hydrogen) atoms. The third kappa shape index (κ3) is 7.22. The summed E-state index contributed by atoms with van der Waals surface area (Å²) < 4.78 is 26.8. The minimum atomic E-state index is -0.977. The minimum Gasteiger partial charge on any atom is -0.490 e. The van der Waals surface area contributed by atoms with E-state index in [0.29, 0.717) is 23.5 Å². The topological polar surface area (TPSA) is 87.4 Å². The van der Waals surface area contributed by atoms with Crippen molar-refractivity contribution in [3.05, 3.63) is 65.4 Å². The number of anilines is 1. The minimum absolute atomic E-state index is 0.0783. The second-order valence-electron chi connectivity index (χ2n) is 14.7. The van der Waals surface area contributed by atoms with Crippen molar-refractivity contribution in [2.75, 3.05) is 31.7 Å². The monoisotopic (exact) mass is 654 g/mol. The molecule has 9 heteroatoms. The molecule has 0 N–H and O–H groups in total. The summed E-state index contributed by atoms with van der Waals surface area (Å²) in [5, 5.41) is 5.18. The number of carbonyl (C=O) groups is 1. The van der Waals surface area contributed by atoms with Crippen LogP contribution in [0.25, 0.3) is 28.0 Å². The van der Waals surface area contributed by atoms with E-state index in [4.69, 9.17) is 29.0 Å². The van der Waals surface area contributed by atoms with Gasteiger partial charge in [-0.3, -0.25) is 0 Å². The first-order valence-electron chi connectivity index (χ1n) is 17.3. The number of benzene rings is 2. The Bertz CT molecular complexity index is 1780. The molecule has 256 valence electrons. The Morgan fingerprint density at radius 2 is 1.79 bits per heavy atom. The third-order valence-corrected chi connectivity index (χ3v) is 9.46. The molecular formula is C39H50N4O5. The number of ether oxygens (including phenoxy) is 4. The lowest BCUT2D eigenvalue weighted by atomic mass is 9.92. The van der Waals surface area contributed by atoms with Gasteiger partial charge in [0.15, 0.2) is 11.8 Å². The summed E-state index contributed by atoms with van der Waals surface area (Å²) in [6.07, 6.45) is 3.74. The van der Waals surface area contributed by atoms with Gasteiger partial charge >= 0.3 is 5.97 Å². The van der Waals surface area contributed by atoms with Crippen LogP contribution in [0.5, 0.6) is 5.75 Å². The molecule has 2 aromatic heterocycles. The van der Waals surface area contributed by atoms with E-state index < -0.39 is 17.7 Å². The van der Waals surface area contributed by atoms with Gasteiger partial charge in [0.2, 0.25) is 0 Å². The third-order valence-electron chi connectivity index (χ3n) is 9.46. The molecule has 2 atom stereocenters. The number of piperidine rings is 1. The van der Waals surface area contributed by atoms with Crippen LogP contribution in [0.15, 0.2) is 48.5 Å². The summed E-state index contributed by atoms with van der Waals surface area (Å²) >= 11 is 0. The molecular weight excluding hydrogens is 604 g/mol. The Morgan fingerprint density at radius 1 is 1.04 bits per heavy atom. The van der Waals surface area contributed by atoms with E-state index in [9.17, 15) is 4.79 Å². The maximum atomic E-state index is 13.4. The van der Waals surface area contributed by atoms with Gasteiger partial charge in [0, 0.05) is 42.6 Å². The van der Waals surface area contributed by atoms with E-state index in [-0.39, 0.29) is 11.7 Å². The molecule has 0 saturated carbocycles. The summed E-state index contributed by atoms with van der Waals surface area (Å²) in [4.78, 5) is 20.7. The smallest absolute Gasteiger partial charge is 0.339 e. The number of rotatable bonds is 3. The molecule has 1 fully saturated rings. The average molecular weight is 655 g/mol. The fraction of sp³-hybridized carbons (Fsp3) is 0.513. The van der Waals surface area contributed by atoms with Crippen molar-refractivity contribution >= 4 is 17.4 Å². The van der Waals surface area contributed by atoms with Crippen LogP contribution in [0.1, 0.15) is 89.6 Å². The molecule has 0 radical (unpaired) electrons. The van der Waals surface area contributed by atoms with E-state index in [1.165, 1.54) is 7.11 Å². The first-order chi connectivity index (χ1) is 22.8. The van der Waals surface area contributed by atoms with Gasteiger partial charge < -0.3 is 23.8 Å². The van der Waals surface area contributed by atoms with E-state index in [1.807, 2.05) is 38.3 Å². The van der Waals surface area contributed by atoms with Gasteiger partial charge in [0.25, 0.3) is 0 Å².